The average Bonchev–Trinajstić information content (AvgIpc) is 2.99. The number of aromatic hydroxyl groups is 2. The maximum Gasteiger partial charge on any atom is 0.195 e. The van der Waals surface area contributed by atoms with Crippen molar-refractivity contribution in [1.29, 1.82) is 0 Å². The second-order valence-electron chi connectivity index (χ2n) is 4.55. The zero-order valence-corrected chi connectivity index (χ0v) is 12.4. The molecule has 0 amide bonds. The van der Waals surface area contributed by atoms with E-state index in [1.807, 2.05) is 22.7 Å². The minimum absolute atomic E-state index is 0. The van der Waals surface area contributed by atoms with Gasteiger partial charge in [-0.15, -0.1) is 12.4 Å². The Morgan fingerprint density at radius 1 is 1.00 bits per heavy atom. The van der Waals surface area contributed by atoms with Crippen LogP contribution in [-0.2, 0) is 0 Å². The van der Waals surface area contributed by atoms with Crippen LogP contribution in [0.2, 0.25) is 0 Å². The summed E-state index contributed by atoms with van der Waals surface area (Å²) < 4.78 is 3.23. The van der Waals surface area contributed by atoms with Crippen LogP contribution in [0.25, 0.3) is 26.4 Å². The number of hydrogen-bond donors (Lipinski definition) is 2. The molecule has 0 spiro atoms. The number of imidazole rings is 1. The summed E-state index contributed by atoms with van der Waals surface area (Å²) in [5.41, 5.74) is 2.67. The van der Waals surface area contributed by atoms with Crippen molar-refractivity contribution >= 4 is 38.9 Å². The van der Waals surface area contributed by atoms with E-state index in [1.165, 1.54) is 16.8 Å². The molecule has 0 bridgehead atoms. The minimum atomic E-state index is -0.135. The summed E-state index contributed by atoms with van der Waals surface area (Å²) in [4.78, 5) is 5.49. The van der Waals surface area contributed by atoms with Crippen LogP contribution in [0.3, 0.4) is 0 Å². The van der Waals surface area contributed by atoms with Crippen molar-refractivity contribution in [3.8, 4) is 22.8 Å². The molecule has 2 aromatic carbocycles. The zero-order valence-electron chi connectivity index (χ0n) is 10.7. The van der Waals surface area contributed by atoms with Crippen LogP contribution in [0.5, 0.6) is 11.5 Å². The highest BCUT2D eigenvalue weighted by Crippen LogP contribution is 2.32. The smallest absolute Gasteiger partial charge is 0.195 e. The molecule has 0 saturated heterocycles. The van der Waals surface area contributed by atoms with Crippen molar-refractivity contribution in [3.05, 3.63) is 48.7 Å². The van der Waals surface area contributed by atoms with Gasteiger partial charge in [-0.3, -0.25) is 4.40 Å². The first-order chi connectivity index (χ1) is 9.72. The van der Waals surface area contributed by atoms with Gasteiger partial charge in [-0.1, -0.05) is 23.5 Å². The molecule has 2 N–H and O–H groups in total. The average molecular weight is 319 g/mol. The Labute approximate surface area is 130 Å². The van der Waals surface area contributed by atoms with E-state index in [4.69, 9.17) is 0 Å². The molecule has 0 atom stereocenters. The summed E-state index contributed by atoms with van der Waals surface area (Å²) in [6, 6.07) is 12.9. The Balaban J connectivity index is 0.00000132. The molecule has 21 heavy (non-hydrogen) atoms. The van der Waals surface area contributed by atoms with Crippen LogP contribution in [0, 0.1) is 0 Å². The predicted molar refractivity (Wildman–Crippen MR) is 86.6 cm³/mol. The minimum Gasteiger partial charge on any atom is -0.504 e. The van der Waals surface area contributed by atoms with Crippen LogP contribution >= 0.6 is 23.7 Å². The van der Waals surface area contributed by atoms with Gasteiger partial charge in [0, 0.05) is 11.8 Å². The highest BCUT2D eigenvalue weighted by atomic mass is 35.5. The monoisotopic (exact) mass is 318 g/mol. The molecule has 4 rings (SSSR count). The van der Waals surface area contributed by atoms with Gasteiger partial charge < -0.3 is 10.2 Å². The molecule has 106 valence electrons. The largest absolute Gasteiger partial charge is 0.504 e. The first kappa shape index (κ1) is 13.7. The summed E-state index contributed by atoms with van der Waals surface area (Å²) in [6.45, 7) is 0. The van der Waals surface area contributed by atoms with E-state index >= 15 is 0 Å². The van der Waals surface area contributed by atoms with E-state index in [0.29, 0.717) is 0 Å². The van der Waals surface area contributed by atoms with E-state index < -0.39 is 0 Å². The molecule has 4 aromatic rings. The molecule has 0 aliphatic carbocycles. The Morgan fingerprint density at radius 3 is 2.62 bits per heavy atom. The van der Waals surface area contributed by atoms with Crippen molar-refractivity contribution in [2.45, 2.75) is 0 Å². The lowest BCUT2D eigenvalue weighted by molar-refractivity contribution is 0.404. The van der Waals surface area contributed by atoms with Crippen molar-refractivity contribution in [1.82, 2.24) is 9.38 Å². The van der Waals surface area contributed by atoms with E-state index in [9.17, 15) is 10.2 Å². The molecule has 0 unspecified atom stereocenters. The lowest BCUT2D eigenvalue weighted by Crippen LogP contribution is -1.78. The summed E-state index contributed by atoms with van der Waals surface area (Å²) >= 11 is 1.62. The fourth-order valence-electron chi connectivity index (χ4n) is 2.27. The van der Waals surface area contributed by atoms with E-state index in [2.05, 4.69) is 17.1 Å². The van der Waals surface area contributed by atoms with Gasteiger partial charge in [0.25, 0.3) is 0 Å². The Bertz CT molecular complexity index is 945. The SMILES string of the molecule is Cl.Oc1ccc(-c2cn3c(n2)sc2ccccc23)cc1O. The van der Waals surface area contributed by atoms with Crippen molar-refractivity contribution in [2.75, 3.05) is 0 Å². The van der Waals surface area contributed by atoms with E-state index in [1.54, 1.807) is 17.4 Å². The maximum atomic E-state index is 9.58. The van der Waals surface area contributed by atoms with E-state index in [0.717, 1.165) is 21.7 Å². The number of phenolic OH excluding ortho intramolecular Hbond substituents is 2. The molecular weight excluding hydrogens is 308 g/mol. The number of halogens is 1. The van der Waals surface area contributed by atoms with Crippen LogP contribution in [0.4, 0.5) is 0 Å². The second kappa shape index (κ2) is 4.95. The third-order valence-corrected chi connectivity index (χ3v) is 4.31. The van der Waals surface area contributed by atoms with Gasteiger partial charge in [-0.25, -0.2) is 4.98 Å². The van der Waals surface area contributed by atoms with Gasteiger partial charge >= 0.3 is 0 Å². The standard InChI is InChI=1S/C15H10N2O2S.ClH/c18-12-6-5-9(7-13(12)19)10-8-17-11-3-1-2-4-14(11)20-15(17)16-10;/h1-8,18-19H;1H. The number of hydrogen-bond acceptors (Lipinski definition) is 4. The highest BCUT2D eigenvalue weighted by molar-refractivity contribution is 7.23. The molecule has 0 radical (unpaired) electrons. The van der Waals surface area contributed by atoms with Crippen molar-refractivity contribution in [2.24, 2.45) is 0 Å². The number of aromatic nitrogens is 2. The van der Waals surface area contributed by atoms with E-state index in [-0.39, 0.29) is 23.9 Å². The quantitative estimate of drug-likeness (QED) is 0.521. The zero-order chi connectivity index (χ0) is 13.7. The molecular formula is C15H11ClN2O2S. The number of phenols is 2. The van der Waals surface area contributed by atoms with Gasteiger partial charge in [-0.05, 0) is 30.3 Å². The highest BCUT2D eigenvalue weighted by Gasteiger charge is 2.11. The summed E-state index contributed by atoms with van der Waals surface area (Å²) in [5, 5.41) is 18.9. The lowest BCUT2D eigenvalue weighted by Gasteiger charge is -1.99. The number of fused-ring (bicyclic) bond motifs is 3. The molecule has 6 heteroatoms. The van der Waals surface area contributed by atoms with Crippen LogP contribution in [0.1, 0.15) is 0 Å². The molecule has 4 nitrogen and oxygen atoms in total. The molecule has 0 fully saturated rings. The number of benzene rings is 2. The fraction of sp³-hybridized carbons (Fsp3) is 0. The third-order valence-electron chi connectivity index (χ3n) is 3.27. The molecule has 0 saturated carbocycles. The number of rotatable bonds is 1. The number of thiazole rings is 1. The van der Waals surface area contributed by atoms with Gasteiger partial charge in [0.1, 0.15) is 0 Å². The summed E-state index contributed by atoms with van der Waals surface area (Å²) in [7, 11) is 0. The summed E-state index contributed by atoms with van der Waals surface area (Å²) in [6.07, 6.45) is 1.94. The van der Waals surface area contributed by atoms with Crippen LogP contribution in [0.15, 0.2) is 48.7 Å². The van der Waals surface area contributed by atoms with Gasteiger partial charge in [0.2, 0.25) is 0 Å². The fourth-order valence-corrected chi connectivity index (χ4v) is 3.28. The molecule has 2 aromatic heterocycles. The van der Waals surface area contributed by atoms with Gasteiger partial charge in [-0.2, -0.15) is 0 Å². The predicted octanol–water partition coefficient (Wildman–Crippen LogP) is 4.05. The van der Waals surface area contributed by atoms with Crippen LogP contribution in [-0.4, -0.2) is 19.6 Å². The van der Waals surface area contributed by atoms with Crippen molar-refractivity contribution in [3.63, 3.8) is 0 Å². The summed E-state index contributed by atoms with van der Waals surface area (Å²) in [5.74, 6) is -0.260. The Morgan fingerprint density at radius 2 is 1.81 bits per heavy atom. The second-order valence-corrected chi connectivity index (χ2v) is 5.56. The van der Waals surface area contributed by atoms with Crippen LogP contribution < -0.4 is 0 Å². The topological polar surface area (TPSA) is 57.8 Å². The third kappa shape index (κ3) is 2.11. The normalized spacial score (nSPS) is 10.9. The maximum absolute atomic E-state index is 9.58. The Hall–Kier alpha value is -2.24. The Kier molecular flexibility index (Phi) is 3.23. The van der Waals surface area contributed by atoms with Gasteiger partial charge in [0.05, 0.1) is 15.9 Å². The molecule has 0 aliphatic rings. The number of para-hydroxylation sites is 1. The number of nitrogens with zero attached hydrogens (tertiary/aromatic N) is 2. The first-order valence-corrected chi connectivity index (χ1v) is 6.93. The van der Waals surface area contributed by atoms with Gasteiger partial charge in [0.15, 0.2) is 16.5 Å². The lowest BCUT2D eigenvalue weighted by atomic mass is 10.1. The molecule has 2 heterocycles. The first-order valence-electron chi connectivity index (χ1n) is 6.11. The molecule has 0 aliphatic heterocycles. The van der Waals surface area contributed by atoms with Crippen molar-refractivity contribution < 1.29 is 10.2 Å².